The molecule has 2 fully saturated rings. The zero-order valence-electron chi connectivity index (χ0n) is 24.9. The summed E-state index contributed by atoms with van der Waals surface area (Å²) < 4.78 is 71.6. The van der Waals surface area contributed by atoms with E-state index in [1.165, 1.54) is 12.4 Å². The van der Waals surface area contributed by atoms with Crippen LogP contribution in [0.4, 0.5) is 34.3 Å². The quantitative estimate of drug-likeness (QED) is 0.343. The third-order valence-electron chi connectivity index (χ3n) is 7.45. The van der Waals surface area contributed by atoms with Gasteiger partial charge in [-0.1, -0.05) is 0 Å². The third-order valence-corrected chi connectivity index (χ3v) is 7.45. The Morgan fingerprint density at radius 3 is 2.39 bits per heavy atom. The molecule has 11 nitrogen and oxygen atoms in total. The van der Waals surface area contributed by atoms with E-state index in [2.05, 4.69) is 29.9 Å². The summed E-state index contributed by atoms with van der Waals surface area (Å²) in [5.41, 5.74) is -0.589. The fourth-order valence-corrected chi connectivity index (χ4v) is 5.27. The van der Waals surface area contributed by atoms with Crippen molar-refractivity contribution >= 4 is 18.0 Å². The normalized spacial score (nSPS) is 19.7. The van der Waals surface area contributed by atoms with E-state index < -0.39 is 47.1 Å². The maximum Gasteiger partial charge on any atom is 0.407 e. The molecule has 1 aromatic carbocycles. The summed E-state index contributed by atoms with van der Waals surface area (Å²) in [6.07, 6.45) is 3.89. The number of amides is 1. The summed E-state index contributed by atoms with van der Waals surface area (Å²) in [6.45, 7) is 7.95. The van der Waals surface area contributed by atoms with Crippen LogP contribution in [0.2, 0.25) is 0 Å². The molecule has 44 heavy (non-hydrogen) atoms. The zero-order valence-corrected chi connectivity index (χ0v) is 24.9. The van der Waals surface area contributed by atoms with E-state index in [1.807, 2.05) is 0 Å². The average Bonchev–Trinajstić information content (AvgIpc) is 3.61. The molecule has 0 aliphatic carbocycles. The molecule has 2 aliphatic heterocycles. The second kappa shape index (κ2) is 12.4. The van der Waals surface area contributed by atoms with Crippen molar-refractivity contribution in [3.63, 3.8) is 0 Å². The van der Waals surface area contributed by atoms with E-state index in [0.717, 1.165) is 31.0 Å². The molecular weight excluding hydrogens is 586 g/mol. The number of anilines is 2. The van der Waals surface area contributed by atoms with Crippen LogP contribution in [0, 0.1) is 17.6 Å². The van der Waals surface area contributed by atoms with Crippen molar-refractivity contribution in [2.24, 2.45) is 5.92 Å². The highest BCUT2D eigenvalue weighted by Gasteiger charge is 2.39. The van der Waals surface area contributed by atoms with Gasteiger partial charge in [-0.05, 0) is 68.4 Å². The Hall–Kier alpha value is -4.17. The van der Waals surface area contributed by atoms with Gasteiger partial charge >= 0.3 is 12.0 Å². The second-order valence-corrected chi connectivity index (χ2v) is 12.2. The average molecular weight is 622 g/mol. The number of rotatable bonds is 8. The van der Waals surface area contributed by atoms with E-state index in [0.29, 0.717) is 38.3 Å². The lowest BCUT2D eigenvalue weighted by atomic mass is 9.94. The number of hydrogen-bond acceptors (Lipinski definition) is 10. The summed E-state index contributed by atoms with van der Waals surface area (Å²) in [6, 6.07) is 2.66. The second-order valence-electron chi connectivity index (χ2n) is 12.2. The van der Waals surface area contributed by atoms with Crippen LogP contribution in [0.25, 0.3) is 0 Å². The smallest absolute Gasteiger partial charge is 0.407 e. The molecule has 0 radical (unpaired) electrons. The van der Waals surface area contributed by atoms with Crippen molar-refractivity contribution < 1.29 is 36.4 Å². The van der Waals surface area contributed by atoms with Crippen LogP contribution in [-0.2, 0) is 10.7 Å². The summed E-state index contributed by atoms with van der Waals surface area (Å²) in [7, 11) is 0. The van der Waals surface area contributed by atoms with Crippen LogP contribution in [0.1, 0.15) is 57.9 Å². The first kappa shape index (κ1) is 31.3. The number of piperidine rings is 1. The number of carbonyl (C=O) groups is 1. The Balaban J connectivity index is 1.17. The van der Waals surface area contributed by atoms with Crippen LogP contribution >= 0.6 is 0 Å². The standard InChI is InChI=1S/C29H35F4N7O4/c1-28(2,3)43-27(41)36-23-15-40(14-21(23)20-11-18(30)5-6-22(20)31)25-34-12-19(13-35-25)42-16-17-7-9-39(10-8-17)26-37-24(44-38-26)29(4,32)33/h5-6,11-13,17,21,23H,7-10,14-16H2,1-4H3,(H,36,41). The number of alkyl carbamates (subject to hydrolysis) is 1. The number of carbonyl (C=O) groups excluding carboxylic acids is 1. The molecule has 15 heteroatoms. The first-order valence-electron chi connectivity index (χ1n) is 14.4. The number of hydrogen-bond donors (Lipinski definition) is 1. The van der Waals surface area contributed by atoms with Gasteiger partial charge in [0.1, 0.15) is 17.2 Å². The van der Waals surface area contributed by atoms with Crippen LogP contribution in [-0.4, -0.2) is 70.6 Å². The molecule has 2 atom stereocenters. The van der Waals surface area contributed by atoms with Gasteiger partial charge in [0.05, 0.1) is 25.0 Å². The van der Waals surface area contributed by atoms with Crippen molar-refractivity contribution in [2.75, 3.05) is 42.6 Å². The van der Waals surface area contributed by atoms with Crippen molar-refractivity contribution in [1.29, 1.82) is 0 Å². The van der Waals surface area contributed by atoms with Gasteiger partial charge in [-0.3, -0.25) is 0 Å². The highest BCUT2D eigenvalue weighted by Crippen LogP contribution is 2.33. The minimum absolute atomic E-state index is 0.141. The van der Waals surface area contributed by atoms with Gasteiger partial charge in [0.2, 0.25) is 5.95 Å². The summed E-state index contributed by atoms with van der Waals surface area (Å²) in [5.74, 6) is -4.47. The Kier molecular flexibility index (Phi) is 8.84. The Morgan fingerprint density at radius 1 is 1.05 bits per heavy atom. The molecule has 3 aromatic rings. The third kappa shape index (κ3) is 7.66. The molecule has 0 saturated carbocycles. The van der Waals surface area contributed by atoms with Crippen LogP contribution in [0.15, 0.2) is 35.1 Å². The number of nitrogens with one attached hydrogen (secondary N) is 1. The van der Waals surface area contributed by atoms with E-state index in [4.69, 9.17) is 9.47 Å². The first-order chi connectivity index (χ1) is 20.7. The number of benzene rings is 1. The van der Waals surface area contributed by atoms with Gasteiger partial charge in [0.25, 0.3) is 11.8 Å². The van der Waals surface area contributed by atoms with Gasteiger partial charge < -0.3 is 29.1 Å². The number of halogens is 4. The topological polar surface area (TPSA) is 119 Å². The summed E-state index contributed by atoms with van der Waals surface area (Å²) in [5, 5.41) is 6.47. The largest absolute Gasteiger partial charge is 0.490 e. The van der Waals surface area contributed by atoms with Crippen molar-refractivity contribution in [3.05, 3.63) is 53.7 Å². The monoisotopic (exact) mass is 621 g/mol. The molecular formula is C29H35F4N7O4. The molecule has 2 saturated heterocycles. The fourth-order valence-electron chi connectivity index (χ4n) is 5.27. The van der Waals surface area contributed by atoms with Gasteiger partial charge in [0, 0.05) is 39.0 Å². The molecule has 2 aliphatic rings. The molecule has 238 valence electrons. The molecule has 2 aromatic heterocycles. The molecule has 1 amide bonds. The van der Waals surface area contributed by atoms with Crippen molar-refractivity contribution in [3.8, 4) is 5.75 Å². The van der Waals surface area contributed by atoms with Gasteiger partial charge in [-0.25, -0.2) is 23.5 Å². The molecule has 4 heterocycles. The minimum Gasteiger partial charge on any atom is -0.490 e. The molecule has 0 spiro atoms. The zero-order chi connectivity index (χ0) is 31.6. The number of ether oxygens (including phenoxy) is 2. The summed E-state index contributed by atoms with van der Waals surface area (Å²) >= 11 is 0. The Labute approximate surface area is 251 Å². The fraction of sp³-hybridized carbons (Fsp3) is 0.552. The molecule has 2 unspecified atom stereocenters. The van der Waals surface area contributed by atoms with E-state index >= 15 is 0 Å². The highest BCUT2D eigenvalue weighted by atomic mass is 19.3. The molecule has 0 bridgehead atoms. The van der Waals surface area contributed by atoms with E-state index in [1.54, 1.807) is 30.6 Å². The van der Waals surface area contributed by atoms with Gasteiger partial charge in [-0.2, -0.15) is 13.8 Å². The Bertz CT molecular complexity index is 1440. The maximum atomic E-state index is 14.8. The van der Waals surface area contributed by atoms with E-state index in [9.17, 15) is 22.4 Å². The lowest BCUT2D eigenvalue weighted by molar-refractivity contribution is -0.0158. The van der Waals surface area contributed by atoms with Gasteiger partial charge in [-0.15, -0.1) is 0 Å². The molecule has 5 rings (SSSR count). The Morgan fingerprint density at radius 2 is 1.75 bits per heavy atom. The van der Waals surface area contributed by atoms with Crippen molar-refractivity contribution in [1.82, 2.24) is 25.4 Å². The number of alkyl halides is 2. The minimum atomic E-state index is -3.19. The predicted molar refractivity (Wildman–Crippen MR) is 151 cm³/mol. The lowest BCUT2D eigenvalue weighted by Gasteiger charge is -2.30. The predicted octanol–water partition coefficient (Wildman–Crippen LogP) is 5.04. The highest BCUT2D eigenvalue weighted by molar-refractivity contribution is 5.68. The van der Waals surface area contributed by atoms with E-state index in [-0.39, 0.29) is 30.5 Å². The first-order valence-corrected chi connectivity index (χ1v) is 14.4. The summed E-state index contributed by atoms with van der Waals surface area (Å²) in [4.78, 5) is 28.8. The van der Waals surface area contributed by atoms with Crippen LogP contribution in [0.3, 0.4) is 0 Å². The number of aromatic nitrogens is 4. The molecule has 1 N–H and O–H groups in total. The van der Waals surface area contributed by atoms with Crippen molar-refractivity contribution in [2.45, 2.75) is 64.0 Å². The maximum absolute atomic E-state index is 14.8. The van der Waals surface area contributed by atoms with Gasteiger partial charge in [0.15, 0.2) is 5.75 Å². The number of nitrogens with zero attached hydrogens (tertiary/aromatic N) is 6. The lowest BCUT2D eigenvalue weighted by Crippen LogP contribution is -2.43. The SMILES string of the molecule is CC(C)(C)OC(=O)NC1CN(c2ncc(OCC3CCN(c4noc(C(C)(F)F)n4)CC3)cn2)CC1c1cc(F)ccc1F. The van der Waals surface area contributed by atoms with Crippen LogP contribution < -0.4 is 19.9 Å². The van der Waals surface area contributed by atoms with Crippen LogP contribution in [0.5, 0.6) is 5.75 Å².